The number of esters is 1. The summed E-state index contributed by atoms with van der Waals surface area (Å²) in [7, 11) is 2.81. The Morgan fingerprint density at radius 3 is 2.48 bits per heavy atom. The first kappa shape index (κ1) is 22.1. The van der Waals surface area contributed by atoms with E-state index < -0.39 is 5.97 Å². The van der Waals surface area contributed by atoms with Crippen molar-refractivity contribution in [3.63, 3.8) is 0 Å². The molecule has 0 bridgehead atoms. The summed E-state index contributed by atoms with van der Waals surface area (Å²) < 4.78 is 16.0. The highest BCUT2D eigenvalue weighted by Crippen LogP contribution is 2.31. The minimum Gasteiger partial charge on any atom is -0.503 e. The van der Waals surface area contributed by atoms with E-state index in [9.17, 15) is 9.70 Å². The van der Waals surface area contributed by atoms with Crippen molar-refractivity contribution in [3.05, 3.63) is 75.4 Å². The quantitative estimate of drug-likeness (QED) is 0.250. The SMILES string of the molecule is CCC(N=O)c1cc(C)c(OCc2ccccc2C(=COC)C(=O)OC)cc1C. The number of hydrogen-bond acceptors (Lipinski definition) is 6. The van der Waals surface area contributed by atoms with Crippen LogP contribution in [-0.4, -0.2) is 20.2 Å². The number of carbonyl (C=O) groups excluding carboxylic acids is 1. The van der Waals surface area contributed by atoms with Crippen molar-refractivity contribution in [1.29, 1.82) is 0 Å². The molecule has 154 valence electrons. The average molecular weight is 397 g/mol. The third-order valence-corrected chi connectivity index (χ3v) is 4.77. The molecule has 2 rings (SSSR count). The van der Waals surface area contributed by atoms with E-state index in [0.29, 0.717) is 17.6 Å². The Morgan fingerprint density at radius 2 is 1.86 bits per heavy atom. The summed E-state index contributed by atoms with van der Waals surface area (Å²) in [6, 6.07) is 11.0. The molecule has 0 spiro atoms. The second-order valence-electron chi connectivity index (χ2n) is 6.71. The van der Waals surface area contributed by atoms with Gasteiger partial charge in [0.2, 0.25) is 0 Å². The number of nitrogens with zero attached hydrogens (tertiary/aromatic N) is 1. The molecule has 0 aliphatic carbocycles. The molecule has 0 saturated carbocycles. The van der Waals surface area contributed by atoms with Crippen LogP contribution in [0.2, 0.25) is 0 Å². The fourth-order valence-corrected chi connectivity index (χ4v) is 3.19. The predicted molar refractivity (Wildman–Crippen MR) is 113 cm³/mol. The molecule has 2 aromatic rings. The summed E-state index contributed by atoms with van der Waals surface area (Å²) >= 11 is 0. The van der Waals surface area contributed by atoms with E-state index in [1.165, 1.54) is 20.5 Å². The fourth-order valence-electron chi connectivity index (χ4n) is 3.19. The fraction of sp³-hybridized carbons (Fsp3) is 0.348. The van der Waals surface area contributed by atoms with Crippen molar-refractivity contribution >= 4 is 11.5 Å². The van der Waals surface area contributed by atoms with Gasteiger partial charge in [-0.3, -0.25) is 0 Å². The van der Waals surface area contributed by atoms with Gasteiger partial charge in [0.25, 0.3) is 0 Å². The maximum absolute atomic E-state index is 12.1. The maximum atomic E-state index is 12.1. The highest BCUT2D eigenvalue weighted by atomic mass is 16.5. The Bertz CT molecular complexity index is 904. The summed E-state index contributed by atoms with van der Waals surface area (Å²) in [6.45, 7) is 6.08. The normalized spacial score (nSPS) is 12.2. The van der Waals surface area contributed by atoms with E-state index in [1.54, 1.807) is 0 Å². The van der Waals surface area contributed by atoms with Crippen molar-refractivity contribution in [2.75, 3.05) is 14.2 Å². The molecule has 0 aliphatic rings. The number of benzene rings is 2. The van der Waals surface area contributed by atoms with Crippen molar-refractivity contribution in [1.82, 2.24) is 0 Å². The molecule has 0 aliphatic heterocycles. The topological polar surface area (TPSA) is 74.2 Å². The molecule has 1 atom stereocenters. The van der Waals surface area contributed by atoms with Crippen molar-refractivity contribution in [3.8, 4) is 5.75 Å². The largest absolute Gasteiger partial charge is 0.503 e. The number of carbonyl (C=O) groups is 1. The van der Waals surface area contributed by atoms with Crippen LogP contribution in [0.1, 0.15) is 47.2 Å². The van der Waals surface area contributed by atoms with Crippen molar-refractivity contribution in [2.45, 2.75) is 39.8 Å². The van der Waals surface area contributed by atoms with Crippen LogP contribution in [0, 0.1) is 18.8 Å². The molecule has 0 radical (unpaired) electrons. The van der Waals surface area contributed by atoms with Gasteiger partial charge in [0.05, 0.1) is 20.5 Å². The molecule has 2 aromatic carbocycles. The number of rotatable bonds is 9. The number of hydrogen-bond donors (Lipinski definition) is 0. The zero-order chi connectivity index (χ0) is 21.4. The molecule has 0 N–H and O–H groups in total. The molecule has 0 amide bonds. The Kier molecular flexibility index (Phi) is 7.95. The zero-order valence-corrected chi connectivity index (χ0v) is 17.5. The van der Waals surface area contributed by atoms with E-state index >= 15 is 0 Å². The van der Waals surface area contributed by atoms with Gasteiger partial charge in [-0.05, 0) is 60.2 Å². The van der Waals surface area contributed by atoms with E-state index in [4.69, 9.17) is 14.2 Å². The summed E-state index contributed by atoms with van der Waals surface area (Å²) in [6.07, 6.45) is 2.02. The Hall–Kier alpha value is -3.15. The summed E-state index contributed by atoms with van der Waals surface area (Å²) in [4.78, 5) is 23.2. The minimum atomic E-state index is -0.484. The third kappa shape index (κ3) is 5.22. The lowest BCUT2D eigenvalue weighted by Gasteiger charge is -2.17. The number of nitroso groups, excluding NO2 is 1. The Morgan fingerprint density at radius 1 is 1.14 bits per heavy atom. The smallest absolute Gasteiger partial charge is 0.341 e. The lowest BCUT2D eigenvalue weighted by Crippen LogP contribution is -2.08. The minimum absolute atomic E-state index is 0.261. The maximum Gasteiger partial charge on any atom is 0.341 e. The lowest BCUT2D eigenvalue weighted by molar-refractivity contribution is -0.133. The summed E-state index contributed by atoms with van der Waals surface area (Å²) in [5.74, 6) is 0.236. The zero-order valence-electron chi connectivity index (χ0n) is 17.5. The molecule has 0 fully saturated rings. The third-order valence-electron chi connectivity index (χ3n) is 4.77. The molecule has 0 aromatic heterocycles. The molecular formula is C23H27NO5. The molecule has 6 nitrogen and oxygen atoms in total. The van der Waals surface area contributed by atoms with Crippen LogP contribution in [-0.2, 0) is 20.9 Å². The van der Waals surface area contributed by atoms with Gasteiger partial charge in [-0.1, -0.05) is 36.4 Å². The van der Waals surface area contributed by atoms with Gasteiger partial charge in [0.15, 0.2) is 0 Å². The van der Waals surface area contributed by atoms with Crippen LogP contribution in [0.5, 0.6) is 5.75 Å². The van der Waals surface area contributed by atoms with Crippen LogP contribution in [0.4, 0.5) is 0 Å². The highest BCUT2D eigenvalue weighted by molar-refractivity contribution is 6.16. The van der Waals surface area contributed by atoms with Crippen LogP contribution in [0.3, 0.4) is 0 Å². The standard InChI is InChI=1S/C23H27NO5/c1-6-21(24-26)19-11-16(3)22(12-15(19)2)29-13-17-9-7-8-10-18(17)20(14-27-4)23(25)28-5/h7-12,14,21H,6,13H2,1-5H3. The van der Waals surface area contributed by atoms with Gasteiger partial charge >= 0.3 is 5.97 Å². The van der Waals surface area contributed by atoms with Gasteiger partial charge < -0.3 is 14.2 Å². The first-order valence-electron chi connectivity index (χ1n) is 9.42. The average Bonchev–Trinajstić information content (AvgIpc) is 2.73. The van der Waals surface area contributed by atoms with Crippen molar-refractivity contribution in [2.24, 2.45) is 5.18 Å². The Labute approximate surface area is 171 Å². The first-order chi connectivity index (χ1) is 14.0. The Balaban J connectivity index is 2.31. The van der Waals surface area contributed by atoms with Gasteiger partial charge in [-0.2, -0.15) is 4.91 Å². The summed E-state index contributed by atoms with van der Waals surface area (Å²) in [5.41, 5.74) is 4.63. The molecule has 1 unspecified atom stereocenters. The van der Waals surface area contributed by atoms with Crippen LogP contribution < -0.4 is 4.74 Å². The van der Waals surface area contributed by atoms with E-state index in [1.807, 2.05) is 57.2 Å². The number of aryl methyl sites for hydroxylation is 2. The molecular weight excluding hydrogens is 370 g/mol. The molecule has 6 heteroatoms. The monoisotopic (exact) mass is 397 g/mol. The van der Waals surface area contributed by atoms with Crippen molar-refractivity contribution < 1.29 is 19.0 Å². The number of methoxy groups -OCH3 is 2. The predicted octanol–water partition coefficient (Wildman–Crippen LogP) is 5.26. The van der Waals surface area contributed by atoms with E-state index in [0.717, 1.165) is 28.0 Å². The van der Waals surface area contributed by atoms with Crippen LogP contribution in [0.15, 0.2) is 47.8 Å². The van der Waals surface area contributed by atoms with Crippen LogP contribution >= 0.6 is 0 Å². The summed E-state index contributed by atoms with van der Waals surface area (Å²) in [5, 5.41) is 3.22. The first-order valence-corrected chi connectivity index (χ1v) is 9.42. The lowest BCUT2D eigenvalue weighted by atomic mass is 9.97. The highest BCUT2D eigenvalue weighted by Gasteiger charge is 2.18. The molecule has 0 saturated heterocycles. The molecule has 29 heavy (non-hydrogen) atoms. The molecule has 0 heterocycles. The van der Waals surface area contributed by atoms with E-state index in [-0.39, 0.29) is 12.6 Å². The van der Waals surface area contributed by atoms with E-state index in [2.05, 4.69) is 5.18 Å². The van der Waals surface area contributed by atoms with Gasteiger partial charge in [-0.15, -0.1) is 0 Å². The second kappa shape index (κ2) is 10.4. The number of ether oxygens (including phenoxy) is 3. The van der Waals surface area contributed by atoms with Gasteiger partial charge in [-0.25, -0.2) is 4.79 Å². The van der Waals surface area contributed by atoms with Crippen LogP contribution in [0.25, 0.3) is 5.57 Å². The van der Waals surface area contributed by atoms with Gasteiger partial charge in [0, 0.05) is 0 Å². The van der Waals surface area contributed by atoms with Gasteiger partial charge in [0.1, 0.15) is 24.0 Å². The second-order valence-corrected chi connectivity index (χ2v) is 6.71.